The summed E-state index contributed by atoms with van der Waals surface area (Å²) in [6.45, 7) is 1.54. The minimum atomic E-state index is -0.973. The standard InChI is InChI=1S/C21H22N2O5/c24-19(23-13-21(20(25)26)4-7-27-8-5-21)17-10-16(11-22-12-17)14-1-2-18-15(9-14)3-6-28-18/h1-2,9-12H,3-8,13H2,(H,23,24)(H,25,26). The Bertz CT molecular complexity index is 905. The van der Waals surface area contributed by atoms with Gasteiger partial charge in [0.1, 0.15) is 5.75 Å². The average Bonchev–Trinajstić information content (AvgIpc) is 3.20. The van der Waals surface area contributed by atoms with Gasteiger partial charge in [0.25, 0.3) is 5.91 Å². The number of carbonyl (C=O) groups excluding carboxylic acids is 1. The summed E-state index contributed by atoms with van der Waals surface area (Å²) in [5.74, 6) is -0.324. The highest BCUT2D eigenvalue weighted by Gasteiger charge is 2.40. The SMILES string of the molecule is O=C(NCC1(C(=O)O)CCOCC1)c1cncc(-c2ccc3c(c2)CCO3)c1. The first-order valence-corrected chi connectivity index (χ1v) is 9.38. The topological polar surface area (TPSA) is 97.8 Å². The molecule has 3 heterocycles. The van der Waals surface area contributed by atoms with Crippen molar-refractivity contribution in [1.82, 2.24) is 10.3 Å². The van der Waals surface area contributed by atoms with Gasteiger partial charge in [-0.25, -0.2) is 0 Å². The molecule has 0 aliphatic carbocycles. The summed E-state index contributed by atoms with van der Waals surface area (Å²) in [6, 6.07) is 7.72. The van der Waals surface area contributed by atoms with E-state index in [9.17, 15) is 14.7 Å². The lowest BCUT2D eigenvalue weighted by Gasteiger charge is -2.33. The van der Waals surface area contributed by atoms with Gasteiger partial charge in [0.15, 0.2) is 0 Å². The number of pyridine rings is 1. The second kappa shape index (κ2) is 7.59. The van der Waals surface area contributed by atoms with Crippen LogP contribution < -0.4 is 10.1 Å². The van der Waals surface area contributed by atoms with E-state index >= 15 is 0 Å². The maximum absolute atomic E-state index is 12.6. The van der Waals surface area contributed by atoms with Gasteiger partial charge in [-0.1, -0.05) is 6.07 Å². The molecule has 2 N–H and O–H groups in total. The first-order valence-electron chi connectivity index (χ1n) is 9.38. The molecule has 0 spiro atoms. The van der Waals surface area contributed by atoms with Gasteiger partial charge in [0.2, 0.25) is 0 Å². The Morgan fingerprint density at radius 3 is 2.71 bits per heavy atom. The van der Waals surface area contributed by atoms with E-state index in [0.717, 1.165) is 28.9 Å². The minimum absolute atomic E-state index is 0.0743. The van der Waals surface area contributed by atoms with E-state index < -0.39 is 11.4 Å². The lowest BCUT2D eigenvalue weighted by Crippen LogP contribution is -2.46. The highest BCUT2D eigenvalue weighted by molar-refractivity contribution is 5.95. The summed E-state index contributed by atoms with van der Waals surface area (Å²) < 4.78 is 10.8. The Hall–Kier alpha value is -2.93. The Balaban J connectivity index is 1.49. The van der Waals surface area contributed by atoms with Gasteiger partial charge in [-0.2, -0.15) is 0 Å². The van der Waals surface area contributed by atoms with Crippen LogP contribution in [0.25, 0.3) is 11.1 Å². The number of carbonyl (C=O) groups is 2. The number of carboxylic acid groups (broad SMARTS) is 1. The Labute approximate surface area is 162 Å². The summed E-state index contributed by atoms with van der Waals surface area (Å²) in [5.41, 5.74) is 2.38. The fourth-order valence-corrected chi connectivity index (χ4v) is 3.67. The number of nitrogens with one attached hydrogen (secondary N) is 1. The molecule has 0 saturated carbocycles. The molecule has 0 bridgehead atoms. The molecule has 2 aliphatic heterocycles. The van der Waals surface area contributed by atoms with E-state index in [2.05, 4.69) is 16.4 Å². The van der Waals surface area contributed by atoms with Crippen LogP contribution in [0.3, 0.4) is 0 Å². The molecule has 0 atom stereocenters. The van der Waals surface area contributed by atoms with Crippen LogP contribution in [0.1, 0.15) is 28.8 Å². The van der Waals surface area contributed by atoms with Crippen LogP contribution in [0, 0.1) is 5.41 Å². The van der Waals surface area contributed by atoms with Crippen molar-refractivity contribution < 1.29 is 24.2 Å². The number of aliphatic carboxylic acids is 1. The molecular weight excluding hydrogens is 360 g/mol. The molecule has 2 aromatic rings. The maximum Gasteiger partial charge on any atom is 0.311 e. The summed E-state index contributed by atoms with van der Waals surface area (Å²) in [4.78, 5) is 28.6. The van der Waals surface area contributed by atoms with Crippen molar-refractivity contribution in [3.05, 3.63) is 47.8 Å². The predicted octanol–water partition coefficient (Wildman–Crippen LogP) is 2.29. The summed E-state index contributed by atoms with van der Waals surface area (Å²) in [6.07, 6.45) is 4.85. The first kappa shape index (κ1) is 18.4. The third kappa shape index (κ3) is 3.57. The highest BCUT2D eigenvalue weighted by Crippen LogP contribution is 2.31. The van der Waals surface area contributed by atoms with E-state index in [0.29, 0.717) is 38.2 Å². The van der Waals surface area contributed by atoms with E-state index in [-0.39, 0.29) is 12.5 Å². The molecule has 146 valence electrons. The molecule has 7 heteroatoms. The molecule has 1 saturated heterocycles. The van der Waals surface area contributed by atoms with Crippen LogP contribution in [0.5, 0.6) is 5.75 Å². The number of aromatic nitrogens is 1. The zero-order valence-corrected chi connectivity index (χ0v) is 15.4. The van der Waals surface area contributed by atoms with Crippen molar-refractivity contribution in [2.75, 3.05) is 26.4 Å². The second-order valence-corrected chi connectivity index (χ2v) is 7.26. The van der Waals surface area contributed by atoms with Crippen LogP contribution in [-0.2, 0) is 16.0 Å². The second-order valence-electron chi connectivity index (χ2n) is 7.26. The van der Waals surface area contributed by atoms with Crippen molar-refractivity contribution in [2.24, 2.45) is 5.41 Å². The monoisotopic (exact) mass is 382 g/mol. The molecule has 7 nitrogen and oxygen atoms in total. The van der Waals surface area contributed by atoms with Crippen molar-refractivity contribution >= 4 is 11.9 Å². The third-order valence-corrected chi connectivity index (χ3v) is 5.51. The number of fused-ring (bicyclic) bond motifs is 1. The van der Waals surface area contributed by atoms with Gasteiger partial charge in [-0.15, -0.1) is 0 Å². The number of ether oxygens (including phenoxy) is 2. The molecule has 1 aromatic carbocycles. The fraction of sp³-hybridized carbons (Fsp3) is 0.381. The fourth-order valence-electron chi connectivity index (χ4n) is 3.67. The third-order valence-electron chi connectivity index (χ3n) is 5.51. The number of nitrogens with zero attached hydrogens (tertiary/aromatic N) is 1. The molecule has 1 amide bonds. The van der Waals surface area contributed by atoms with E-state index in [1.165, 1.54) is 6.20 Å². The number of amides is 1. The first-order chi connectivity index (χ1) is 13.6. The van der Waals surface area contributed by atoms with Crippen LogP contribution in [0.4, 0.5) is 0 Å². The molecule has 1 aromatic heterocycles. The summed E-state index contributed by atoms with van der Waals surface area (Å²) in [7, 11) is 0. The minimum Gasteiger partial charge on any atom is -0.493 e. The van der Waals surface area contributed by atoms with Crippen molar-refractivity contribution in [3.8, 4) is 16.9 Å². The largest absolute Gasteiger partial charge is 0.493 e. The number of carboxylic acids is 1. The maximum atomic E-state index is 12.6. The number of hydrogen-bond acceptors (Lipinski definition) is 5. The van der Waals surface area contributed by atoms with Crippen LogP contribution >= 0.6 is 0 Å². The van der Waals surface area contributed by atoms with Crippen LogP contribution in [-0.4, -0.2) is 48.3 Å². The van der Waals surface area contributed by atoms with E-state index in [1.54, 1.807) is 12.3 Å². The highest BCUT2D eigenvalue weighted by atomic mass is 16.5. The number of rotatable bonds is 5. The van der Waals surface area contributed by atoms with Crippen LogP contribution in [0.15, 0.2) is 36.7 Å². The number of hydrogen-bond donors (Lipinski definition) is 2. The van der Waals surface area contributed by atoms with Crippen LogP contribution in [0.2, 0.25) is 0 Å². The zero-order chi connectivity index (χ0) is 19.6. The zero-order valence-electron chi connectivity index (χ0n) is 15.4. The van der Waals surface area contributed by atoms with Gasteiger partial charge >= 0.3 is 5.97 Å². The predicted molar refractivity (Wildman–Crippen MR) is 101 cm³/mol. The smallest absolute Gasteiger partial charge is 0.311 e. The van der Waals surface area contributed by atoms with E-state index in [4.69, 9.17) is 9.47 Å². The normalized spacial score (nSPS) is 17.4. The van der Waals surface area contributed by atoms with Gasteiger partial charge in [-0.3, -0.25) is 14.6 Å². The molecule has 1 fully saturated rings. The molecule has 28 heavy (non-hydrogen) atoms. The van der Waals surface area contributed by atoms with Gasteiger partial charge in [0, 0.05) is 44.1 Å². The Morgan fingerprint density at radius 1 is 1.11 bits per heavy atom. The molecular formula is C21H22N2O5. The van der Waals surface area contributed by atoms with Crippen molar-refractivity contribution in [2.45, 2.75) is 19.3 Å². The molecule has 4 rings (SSSR count). The summed E-state index contributed by atoms with van der Waals surface area (Å²) >= 11 is 0. The lowest BCUT2D eigenvalue weighted by molar-refractivity contribution is -0.154. The van der Waals surface area contributed by atoms with E-state index in [1.807, 2.05) is 12.1 Å². The summed E-state index contributed by atoms with van der Waals surface area (Å²) in [5, 5.41) is 12.4. The van der Waals surface area contributed by atoms with Crippen molar-refractivity contribution in [3.63, 3.8) is 0 Å². The molecule has 0 unspecified atom stereocenters. The van der Waals surface area contributed by atoms with Gasteiger partial charge in [-0.05, 0) is 42.2 Å². The van der Waals surface area contributed by atoms with Gasteiger partial charge < -0.3 is 19.9 Å². The molecule has 0 radical (unpaired) electrons. The Morgan fingerprint density at radius 2 is 1.93 bits per heavy atom. The lowest BCUT2D eigenvalue weighted by atomic mass is 9.80. The number of benzene rings is 1. The van der Waals surface area contributed by atoms with Crippen molar-refractivity contribution in [1.29, 1.82) is 0 Å². The molecule has 2 aliphatic rings. The quantitative estimate of drug-likeness (QED) is 0.823. The van der Waals surface area contributed by atoms with Gasteiger partial charge in [0.05, 0.1) is 17.6 Å². The average molecular weight is 382 g/mol. The Kier molecular flexibility index (Phi) is 5.00.